The molecule has 0 amide bonds. The predicted octanol–water partition coefficient (Wildman–Crippen LogP) is 1.31. The zero-order valence-electron chi connectivity index (χ0n) is 8.29. The molecule has 0 aromatic carbocycles. The molecule has 0 fully saturated rings. The summed E-state index contributed by atoms with van der Waals surface area (Å²) in [5.41, 5.74) is 0. The molecule has 0 aliphatic rings. The summed E-state index contributed by atoms with van der Waals surface area (Å²) >= 11 is 0. The molecule has 68 valence electrons. The highest BCUT2D eigenvalue weighted by Gasteiger charge is 2.19. The van der Waals surface area contributed by atoms with Crippen LogP contribution in [0, 0.1) is 12.3 Å². The van der Waals surface area contributed by atoms with Gasteiger partial charge in [0.2, 0.25) is 0 Å². The van der Waals surface area contributed by atoms with Crippen LogP contribution in [0.25, 0.3) is 0 Å². The van der Waals surface area contributed by atoms with Crippen molar-refractivity contribution in [2.75, 3.05) is 6.54 Å². The van der Waals surface area contributed by atoms with Crippen molar-refractivity contribution in [2.24, 2.45) is 0 Å². The third kappa shape index (κ3) is 3.06. The summed E-state index contributed by atoms with van der Waals surface area (Å²) in [6, 6.07) is 0.251. The van der Waals surface area contributed by atoms with E-state index in [0.717, 1.165) is 0 Å². The lowest BCUT2D eigenvalue weighted by Crippen LogP contribution is -2.42. The topological polar surface area (TPSA) is 20.3 Å². The van der Waals surface area contributed by atoms with Crippen LogP contribution < -0.4 is 0 Å². The number of nitrogens with zero attached hydrogens (tertiary/aromatic N) is 1. The first-order chi connectivity index (χ1) is 5.50. The fourth-order valence-electron chi connectivity index (χ4n) is 1.11. The van der Waals surface area contributed by atoms with E-state index in [-0.39, 0.29) is 11.8 Å². The molecule has 0 spiro atoms. The number of hydrogen-bond donors (Lipinski definition) is 0. The summed E-state index contributed by atoms with van der Waals surface area (Å²) < 4.78 is 0. The van der Waals surface area contributed by atoms with Gasteiger partial charge in [0.15, 0.2) is 0 Å². The summed E-state index contributed by atoms with van der Waals surface area (Å²) in [7, 11) is 0. The zero-order valence-corrected chi connectivity index (χ0v) is 8.29. The van der Waals surface area contributed by atoms with E-state index in [1.54, 1.807) is 6.92 Å². The molecule has 1 unspecified atom stereocenters. The maximum atomic E-state index is 11.1. The zero-order chi connectivity index (χ0) is 9.72. The molecule has 0 N–H and O–H groups in total. The van der Waals surface area contributed by atoms with Crippen LogP contribution in [0.1, 0.15) is 27.7 Å². The second-order valence-electron chi connectivity index (χ2n) is 3.26. The van der Waals surface area contributed by atoms with Crippen molar-refractivity contribution in [3.8, 4) is 12.3 Å². The van der Waals surface area contributed by atoms with Gasteiger partial charge in [-0.15, -0.1) is 6.42 Å². The van der Waals surface area contributed by atoms with Gasteiger partial charge in [0.05, 0.1) is 12.6 Å². The lowest BCUT2D eigenvalue weighted by molar-refractivity contribution is -0.122. The van der Waals surface area contributed by atoms with Crippen LogP contribution in [0.2, 0.25) is 0 Å². The molecule has 12 heavy (non-hydrogen) atoms. The molecule has 0 aromatic heterocycles. The van der Waals surface area contributed by atoms with Gasteiger partial charge in [-0.2, -0.15) is 0 Å². The molecule has 0 saturated carbocycles. The van der Waals surface area contributed by atoms with E-state index in [4.69, 9.17) is 6.42 Å². The maximum Gasteiger partial charge on any atom is 0.146 e. The van der Waals surface area contributed by atoms with E-state index in [0.29, 0.717) is 12.6 Å². The van der Waals surface area contributed by atoms with Crippen LogP contribution in [0.4, 0.5) is 0 Å². The third-order valence-electron chi connectivity index (χ3n) is 2.02. The van der Waals surface area contributed by atoms with Gasteiger partial charge in [-0.05, 0) is 27.7 Å². The summed E-state index contributed by atoms with van der Waals surface area (Å²) in [6.45, 7) is 8.10. The van der Waals surface area contributed by atoms with Gasteiger partial charge in [-0.1, -0.05) is 5.92 Å². The molecule has 0 aliphatic carbocycles. The molecule has 0 heterocycles. The molecule has 1 atom stereocenters. The van der Waals surface area contributed by atoms with Crippen LogP contribution in [-0.2, 0) is 4.79 Å². The first-order valence-corrected chi connectivity index (χ1v) is 4.20. The van der Waals surface area contributed by atoms with Gasteiger partial charge in [0, 0.05) is 6.04 Å². The first-order valence-electron chi connectivity index (χ1n) is 4.20. The molecule has 0 bridgehead atoms. The average Bonchev–Trinajstić information content (AvgIpc) is 1.98. The highest BCUT2D eigenvalue weighted by atomic mass is 16.1. The number of carbonyl (C=O) groups excluding carboxylic acids is 1. The van der Waals surface area contributed by atoms with Crippen molar-refractivity contribution in [2.45, 2.75) is 39.8 Å². The Bertz CT molecular complexity index is 191. The molecular weight excluding hydrogens is 150 g/mol. The Hall–Kier alpha value is -0.810. The van der Waals surface area contributed by atoms with Crippen molar-refractivity contribution < 1.29 is 4.79 Å². The fraction of sp³-hybridized carbons (Fsp3) is 0.700. The summed E-state index contributed by atoms with van der Waals surface area (Å²) in [4.78, 5) is 13.1. The SMILES string of the molecule is C#CCN(C(C)C)C(C)C(C)=O. The molecule has 2 nitrogen and oxygen atoms in total. The third-order valence-corrected chi connectivity index (χ3v) is 2.02. The minimum Gasteiger partial charge on any atom is -0.298 e. The Morgan fingerprint density at radius 3 is 2.25 bits per heavy atom. The van der Waals surface area contributed by atoms with E-state index in [1.165, 1.54) is 0 Å². The van der Waals surface area contributed by atoms with Gasteiger partial charge < -0.3 is 0 Å². The van der Waals surface area contributed by atoms with Crippen molar-refractivity contribution in [3.05, 3.63) is 0 Å². The van der Waals surface area contributed by atoms with E-state index in [1.807, 2.05) is 25.7 Å². The molecule has 0 saturated heterocycles. The number of terminal acetylenes is 1. The van der Waals surface area contributed by atoms with E-state index < -0.39 is 0 Å². The van der Waals surface area contributed by atoms with Gasteiger partial charge in [0.1, 0.15) is 5.78 Å². The Morgan fingerprint density at radius 1 is 1.50 bits per heavy atom. The van der Waals surface area contributed by atoms with E-state index in [2.05, 4.69) is 5.92 Å². The highest BCUT2D eigenvalue weighted by Crippen LogP contribution is 2.04. The fourth-order valence-corrected chi connectivity index (χ4v) is 1.11. The second-order valence-corrected chi connectivity index (χ2v) is 3.26. The second kappa shape index (κ2) is 4.95. The number of rotatable bonds is 4. The molecule has 0 aromatic rings. The standard InChI is InChI=1S/C10H17NO/c1-6-7-11(8(2)3)9(4)10(5)12/h1,8-9H,7H2,2-5H3. The normalized spacial score (nSPS) is 13.1. The maximum absolute atomic E-state index is 11.1. The predicted molar refractivity (Wildman–Crippen MR) is 50.8 cm³/mol. The van der Waals surface area contributed by atoms with Crippen molar-refractivity contribution in [1.29, 1.82) is 0 Å². The quantitative estimate of drug-likeness (QED) is 0.588. The Labute approximate surface area is 74.9 Å². The van der Waals surface area contributed by atoms with E-state index in [9.17, 15) is 4.79 Å². The number of ketones is 1. The minimum absolute atomic E-state index is 0.0685. The highest BCUT2D eigenvalue weighted by molar-refractivity contribution is 5.81. The average molecular weight is 167 g/mol. The number of Topliss-reactive ketones (excluding diaryl/α,β-unsaturated/α-hetero) is 1. The monoisotopic (exact) mass is 167 g/mol. The Balaban J connectivity index is 4.31. The van der Waals surface area contributed by atoms with Crippen LogP contribution in [0.5, 0.6) is 0 Å². The van der Waals surface area contributed by atoms with Gasteiger partial charge in [0.25, 0.3) is 0 Å². The van der Waals surface area contributed by atoms with Gasteiger partial charge in [-0.3, -0.25) is 9.69 Å². The molecular formula is C10H17NO. The number of carbonyl (C=O) groups is 1. The minimum atomic E-state index is -0.0685. The molecule has 2 heteroatoms. The summed E-state index contributed by atoms with van der Waals surface area (Å²) in [5, 5.41) is 0. The van der Waals surface area contributed by atoms with E-state index >= 15 is 0 Å². The van der Waals surface area contributed by atoms with Crippen LogP contribution in [-0.4, -0.2) is 29.3 Å². The lowest BCUT2D eigenvalue weighted by Gasteiger charge is -2.28. The number of hydrogen-bond acceptors (Lipinski definition) is 2. The van der Waals surface area contributed by atoms with Crippen molar-refractivity contribution in [1.82, 2.24) is 4.90 Å². The van der Waals surface area contributed by atoms with Crippen LogP contribution in [0.15, 0.2) is 0 Å². The first kappa shape index (κ1) is 11.2. The van der Waals surface area contributed by atoms with Crippen LogP contribution in [0.3, 0.4) is 0 Å². The Morgan fingerprint density at radius 2 is 2.00 bits per heavy atom. The summed E-state index contributed by atoms with van der Waals surface area (Å²) in [6.07, 6.45) is 5.20. The van der Waals surface area contributed by atoms with Gasteiger partial charge in [-0.25, -0.2) is 0 Å². The van der Waals surface area contributed by atoms with Crippen molar-refractivity contribution in [3.63, 3.8) is 0 Å². The Kier molecular flexibility index (Phi) is 4.61. The smallest absolute Gasteiger partial charge is 0.146 e. The van der Waals surface area contributed by atoms with Crippen molar-refractivity contribution >= 4 is 5.78 Å². The van der Waals surface area contributed by atoms with Crippen LogP contribution >= 0.6 is 0 Å². The van der Waals surface area contributed by atoms with Gasteiger partial charge >= 0.3 is 0 Å². The largest absolute Gasteiger partial charge is 0.298 e. The molecule has 0 rings (SSSR count). The molecule has 0 radical (unpaired) electrons. The molecule has 0 aliphatic heterocycles. The summed E-state index contributed by atoms with van der Waals surface area (Å²) in [5.74, 6) is 2.72. The lowest BCUT2D eigenvalue weighted by atomic mass is 10.1.